The van der Waals surface area contributed by atoms with E-state index in [2.05, 4.69) is 64.4 Å². The topological polar surface area (TPSA) is 6.48 Å². The molecule has 2 aliphatic rings. The summed E-state index contributed by atoms with van der Waals surface area (Å²) < 4.78 is 0. The van der Waals surface area contributed by atoms with Crippen LogP contribution in [0.25, 0.3) is 0 Å². The molecule has 2 heterocycles. The van der Waals surface area contributed by atoms with Crippen molar-refractivity contribution in [1.29, 1.82) is 0 Å². The van der Waals surface area contributed by atoms with Gasteiger partial charge in [0.25, 0.3) is 0 Å². The van der Waals surface area contributed by atoms with Gasteiger partial charge in [0.05, 0.1) is 0 Å². The minimum absolute atomic E-state index is 0.539. The summed E-state index contributed by atoms with van der Waals surface area (Å²) in [7, 11) is 0. The third kappa shape index (κ3) is 3.55. The fourth-order valence-electron chi connectivity index (χ4n) is 4.29. The van der Waals surface area contributed by atoms with Crippen molar-refractivity contribution >= 4 is 0 Å². The van der Waals surface area contributed by atoms with Crippen molar-refractivity contribution in [3.63, 3.8) is 0 Å². The molecule has 24 heavy (non-hydrogen) atoms. The molecule has 2 heteroatoms. The van der Waals surface area contributed by atoms with Crippen LogP contribution in [-0.2, 0) is 13.0 Å². The van der Waals surface area contributed by atoms with Gasteiger partial charge in [-0.1, -0.05) is 61.0 Å². The van der Waals surface area contributed by atoms with Gasteiger partial charge in [-0.25, -0.2) is 0 Å². The van der Waals surface area contributed by atoms with Crippen LogP contribution in [0.1, 0.15) is 42.0 Å². The highest BCUT2D eigenvalue weighted by atomic mass is 15.2. The van der Waals surface area contributed by atoms with Crippen LogP contribution in [0.2, 0.25) is 0 Å². The molecule has 0 amide bonds. The minimum Gasteiger partial charge on any atom is -0.297 e. The molecule has 126 valence electrons. The summed E-state index contributed by atoms with van der Waals surface area (Å²) in [5.41, 5.74) is 4.55. The SMILES string of the molecule is c1ccc([C@@H](CN2CCc3ccccc3C2)N2CCCCC2)cc1. The number of fused-ring (bicyclic) bond motifs is 1. The molecule has 2 aromatic carbocycles. The third-order valence-corrected chi connectivity index (χ3v) is 5.66. The van der Waals surface area contributed by atoms with Crippen LogP contribution >= 0.6 is 0 Å². The first-order chi connectivity index (χ1) is 11.9. The van der Waals surface area contributed by atoms with Crippen LogP contribution in [-0.4, -0.2) is 36.0 Å². The maximum absolute atomic E-state index is 2.72. The van der Waals surface area contributed by atoms with Gasteiger partial charge >= 0.3 is 0 Å². The minimum atomic E-state index is 0.539. The second kappa shape index (κ2) is 7.50. The summed E-state index contributed by atoms with van der Waals surface area (Å²) in [5, 5.41) is 0. The summed E-state index contributed by atoms with van der Waals surface area (Å²) >= 11 is 0. The van der Waals surface area contributed by atoms with E-state index in [1.165, 1.54) is 56.4 Å². The monoisotopic (exact) mass is 320 g/mol. The summed E-state index contributed by atoms with van der Waals surface area (Å²) in [6, 6.07) is 20.7. The van der Waals surface area contributed by atoms with E-state index in [-0.39, 0.29) is 0 Å². The van der Waals surface area contributed by atoms with Gasteiger partial charge in [0.1, 0.15) is 0 Å². The fraction of sp³-hybridized carbons (Fsp3) is 0.455. The molecular formula is C22H28N2. The van der Waals surface area contributed by atoms with Gasteiger partial charge < -0.3 is 0 Å². The zero-order valence-electron chi connectivity index (χ0n) is 14.5. The lowest BCUT2D eigenvalue weighted by atomic mass is 9.97. The quantitative estimate of drug-likeness (QED) is 0.830. The van der Waals surface area contributed by atoms with Gasteiger partial charge in [-0.2, -0.15) is 0 Å². The van der Waals surface area contributed by atoms with Crippen molar-refractivity contribution in [2.24, 2.45) is 0 Å². The average molecular weight is 320 g/mol. The van der Waals surface area contributed by atoms with Crippen LogP contribution in [0.5, 0.6) is 0 Å². The van der Waals surface area contributed by atoms with E-state index in [1.807, 2.05) is 0 Å². The smallest absolute Gasteiger partial charge is 0.0475 e. The number of likely N-dealkylation sites (tertiary alicyclic amines) is 1. The normalized spacial score (nSPS) is 20.5. The van der Waals surface area contributed by atoms with Crippen LogP contribution in [0.15, 0.2) is 54.6 Å². The van der Waals surface area contributed by atoms with Crippen molar-refractivity contribution in [2.75, 3.05) is 26.2 Å². The van der Waals surface area contributed by atoms with Gasteiger partial charge in [-0.05, 0) is 49.0 Å². The maximum atomic E-state index is 2.72. The number of hydrogen-bond acceptors (Lipinski definition) is 2. The third-order valence-electron chi connectivity index (χ3n) is 5.66. The van der Waals surface area contributed by atoms with Crippen molar-refractivity contribution in [1.82, 2.24) is 9.80 Å². The number of nitrogens with zero attached hydrogens (tertiary/aromatic N) is 2. The molecule has 0 radical (unpaired) electrons. The molecule has 0 unspecified atom stereocenters. The van der Waals surface area contributed by atoms with Crippen molar-refractivity contribution < 1.29 is 0 Å². The highest BCUT2D eigenvalue weighted by Gasteiger charge is 2.26. The van der Waals surface area contributed by atoms with E-state index in [1.54, 1.807) is 5.56 Å². The molecular weight excluding hydrogens is 292 g/mol. The number of benzene rings is 2. The Morgan fingerprint density at radius 3 is 2.25 bits per heavy atom. The molecule has 4 rings (SSSR count). The second-order valence-electron chi connectivity index (χ2n) is 7.28. The first-order valence-electron chi connectivity index (χ1n) is 9.48. The molecule has 0 bridgehead atoms. The van der Waals surface area contributed by atoms with E-state index < -0.39 is 0 Å². The van der Waals surface area contributed by atoms with Gasteiger partial charge in [0.2, 0.25) is 0 Å². The molecule has 0 N–H and O–H groups in total. The first-order valence-corrected chi connectivity index (χ1v) is 9.48. The highest BCUT2D eigenvalue weighted by Crippen LogP contribution is 2.28. The molecule has 0 saturated carbocycles. The van der Waals surface area contributed by atoms with Gasteiger partial charge in [0, 0.05) is 25.7 Å². The fourth-order valence-corrected chi connectivity index (χ4v) is 4.29. The summed E-state index contributed by atoms with van der Waals surface area (Å²) in [4.78, 5) is 5.38. The molecule has 1 saturated heterocycles. The number of hydrogen-bond donors (Lipinski definition) is 0. The van der Waals surface area contributed by atoms with Crippen molar-refractivity contribution in [3.8, 4) is 0 Å². The Kier molecular flexibility index (Phi) is 4.96. The van der Waals surface area contributed by atoms with Gasteiger partial charge in [0.15, 0.2) is 0 Å². The lowest BCUT2D eigenvalue weighted by molar-refractivity contribution is 0.112. The van der Waals surface area contributed by atoms with E-state index in [0.717, 1.165) is 13.1 Å². The Morgan fingerprint density at radius 1 is 0.750 bits per heavy atom. The molecule has 2 aliphatic heterocycles. The van der Waals surface area contributed by atoms with Gasteiger partial charge in [-0.15, -0.1) is 0 Å². The summed E-state index contributed by atoms with van der Waals surface area (Å²) in [6.45, 7) is 5.95. The van der Waals surface area contributed by atoms with Crippen LogP contribution in [0.3, 0.4) is 0 Å². The molecule has 1 fully saturated rings. The molecule has 0 spiro atoms. The van der Waals surface area contributed by atoms with Crippen molar-refractivity contribution in [3.05, 3.63) is 71.3 Å². The zero-order valence-corrected chi connectivity index (χ0v) is 14.5. The van der Waals surface area contributed by atoms with E-state index in [4.69, 9.17) is 0 Å². The maximum Gasteiger partial charge on any atom is 0.0475 e. The lowest BCUT2D eigenvalue weighted by Gasteiger charge is -2.39. The Morgan fingerprint density at radius 2 is 1.46 bits per heavy atom. The average Bonchev–Trinajstić information content (AvgIpc) is 2.67. The van der Waals surface area contributed by atoms with Crippen LogP contribution < -0.4 is 0 Å². The second-order valence-corrected chi connectivity index (χ2v) is 7.28. The Balaban J connectivity index is 1.52. The summed E-state index contributed by atoms with van der Waals surface area (Å²) in [6.07, 6.45) is 5.30. The predicted octanol–water partition coefficient (Wildman–Crippen LogP) is 4.27. The van der Waals surface area contributed by atoms with Crippen molar-refractivity contribution in [2.45, 2.75) is 38.3 Å². The number of rotatable bonds is 4. The summed E-state index contributed by atoms with van der Waals surface area (Å²) in [5.74, 6) is 0. The standard InChI is InChI=1S/C22H28N2/c1-3-10-20(11-4-1)22(24-14-7-2-8-15-24)18-23-16-13-19-9-5-6-12-21(19)17-23/h1,3-6,9-12,22H,2,7-8,13-18H2/t22-/m1/s1. The number of piperidine rings is 1. The largest absolute Gasteiger partial charge is 0.297 e. The van der Waals surface area contributed by atoms with E-state index >= 15 is 0 Å². The van der Waals surface area contributed by atoms with Crippen LogP contribution in [0.4, 0.5) is 0 Å². The van der Waals surface area contributed by atoms with E-state index in [0.29, 0.717) is 6.04 Å². The Labute approximate surface area is 146 Å². The van der Waals surface area contributed by atoms with Crippen LogP contribution in [0, 0.1) is 0 Å². The van der Waals surface area contributed by atoms with Gasteiger partial charge in [-0.3, -0.25) is 9.80 Å². The molecule has 0 aromatic heterocycles. The highest BCUT2D eigenvalue weighted by molar-refractivity contribution is 5.29. The lowest BCUT2D eigenvalue weighted by Crippen LogP contribution is -2.42. The molecule has 2 aromatic rings. The predicted molar refractivity (Wildman–Crippen MR) is 100 cm³/mol. The zero-order chi connectivity index (χ0) is 16.2. The molecule has 1 atom stereocenters. The molecule has 2 nitrogen and oxygen atoms in total. The Bertz CT molecular complexity index is 646. The Hall–Kier alpha value is -1.64. The van der Waals surface area contributed by atoms with E-state index in [9.17, 15) is 0 Å². The molecule has 0 aliphatic carbocycles. The first kappa shape index (κ1) is 15.9.